The summed E-state index contributed by atoms with van der Waals surface area (Å²) >= 11 is 0. The second-order valence-electron chi connectivity index (χ2n) is 5.54. The van der Waals surface area contributed by atoms with E-state index in [1.807, 2.05) is 12.1 Å². The SMILES string of the molecule is CCC1(NC(=O)c2ccc3c(c2)CC(=O)N3)CCC1. The van der Waals surface area contributed by atoms with Gasteiger partial charge < -0.3 is 10.6 Å². The van der Waals surface area contributed by atoms with E-state index in [9.17, 15) is 9.59 Å². The van der Waals surface area contributed by atoms with Crippen LogP contribution in [0.15, 0.2) is 18.2 Å². The number of hydrogen-bond acceptors (Lipinski definition) is 2. The van der Waals surface area contributed by atoms with Crippen molar-refractivity contribution in [3.05, 3.63) is 29.3 Å². The Bertz CT molecular complexity index is 542. The van der Waals surface area contributed by atoms with Gasteiger partial charge in [-0.1, -0.05) is 6.92 Å². The maximum atomic E-state index is 12.3. The summed E-state index contributed by atoms with van der Waals surface area (Å²) in [4.78, 5) is 23.6. The van der Waals surface area contributed by atoms with Crippen LogP contribution in [-0.2, 0) is 11.2 Å². The molecule has 1 aromatic carbocycles. The molecule has 1 heterocycles. The number of carbonyl (C=O) groups is 2. The van der Waals surface area contributed by atoms with Crippen molar-refractivity contribution in [1.29, 1.82) is 0 Å². The van der Waals surface area contributed by atoms with E-state index in [0.717, 1.165) is 30.5 Å². The van der Waals surface area contributed by atoms with Crippen molar-refractivity contribution in [3.63, 3.8) is 0 Å². The van der Waals surface area contributed by atoms with Crippen LogP contribution in [0, 0.1) is 0 Å². The third-order valence-electron chi connectivity index (χ3n) is 4.36. The number of nitrogens with one attached hydrogen (secondary N) is 2. The number of hydrogen-bond donors (Lipinski definition) is 2. The van der Waals surface area contributed by atoms with Gasteiger partial charge >= 0.3 is 0 Å². The van der Waals surface area contributed by atoms with Crippen LogP contribution >= 0.6 is 0 Å². The molecule has 2 aliphatic rings. The van der Waals surface area contributed by atoms with Crippen LogP contribution in [0.2, 0.25) is 0 Å². The highest BCUT2D eigenvalue weighted by molar-refractivity contribution is 6.01. The van der Waals surface area contributed by atoms with Gasteiger partial charge in [0, 0.05) is 16.8 Å². The summed E-state index contributed by atoms with van der Waals surface area (Å²) in [5.41, 5.74) is 2.40. The lowest BCUT2D eigenvalue weighted by molar-refractivity contribution is -0.115. The Morgan fingerprint density at radius 3 is 2.84 bits per heavy atom. The van der Waals surface area contributed by atoms with Crippen molar-refractivity contribution in [2.75, 3.05) is 5.32 Å². The molecule has 1 aliphatic heterocycles. The summed E-state index contributed by atoms with van der Waals surface area (Å²) in [5.74, 6) is -0.0275. The molecule has 1 fully saturated rings. The number of anilines is 1. The van der Waals surface area contributed by atoms with Gasteiger partial charge in [-0.3, -0.25) is 9.59 Å². The highest BCUT2D eigenvalue weighted by atomic mass is 16.2. The van der Waals surface area contributed by atoms with Crippen LogP contribution in [0.25, 0.3) is 0 Å². The van der Waals surface area contributed by atoms with Crippen LogP contribution in [0.3, 0.4) is 0 Å². The first-order chi connectivity index (χ1) is 9.12. The van der Waals surface area contributed by atoms with Crippen LogP contribution in [0.1, 0.15) is 48.5 Å². The van der Waals surface area contributed by atoms with E-state index in [2.05, 4.69) is 17.6 Å². The van der Waals surface area contributed by atoms with Gasteiger partial charge in [0.1, 0.15) is 0 Å². The molecule has 0 aromatic heterocycles. The predicted octanol–water partition coefficient (Wildman–Crippen LogP) is 2.24. The summed E-state index contributed by atoms with van der Waals surface area (Å²) in [5, 5.41) is 5.93. The Balaban J connectivity index is 1.77. The van der Waals surface area contributed by atoms with E-state index in [-0.39, 0.29) is 17.4 Å². The summed E-state index contributed by atoms with van der Waals surface area (Å²) in [6.07, 6.45) is 4.68. The molecule has 1 saturated carbocycles. The molecule has 19 heavy (non-hydrogen) atoms. The fraction of sp³-hybridized carbons (Fsp3) is 0.467. The van der Waals surface area contributed by atoms with E-state index in [1.165, 1.54) is 6.42 Å². The number of rotatable bonds is 3. The Labute approximate surface area is 112 Å². The summed E-state index contributed by atoms with van der Waals surface area (Å²) < 4.78 is 0. The normalized spacial score (nSPS) is 19.3. The van der Waals surface area contributed by atoms with E-state index >= 15 is 0 Å². The van der Waals surface area contributed by atoms with Crippen LogP contribution in [0.5, 0.6) is 0 Å². The molecule has 4 heteroatoms. The van der Waals surface area contributed by atoms with Gasteiger partial charge in [-0.15, -0.1) is 0 Å². The van der Waals surface area contributed by atoms with Crippen molar-refractivity contribution >= 4 is 17.5 Å². The van der Waals surface area contributed by atoms with Crippen molar-refractivity contribution in [2.45, 2.75) is 44.6 Å². The van der Waals surface area contributed by atoms with E-state index in [4.69, 9.17) is 0 Å². The lowest BCUT2D eigenvalue weighted by Crippen LogP contribution is -2.52. The zero-order valence-electron chi connectivity index (χ0n) is 11.1. The Morgan fingerprint density at radius 2 is 2.21 bits per heavy atom. The molecule has 1 aliphatic carbocycles. The average molecular weight is 258 g/mol. The van der Waals surface area contributed by atoms with E-state index in [0.29, 0.717) is 12.0 Å². The van der Waals surface area contributed by atoms with Gasteiger partial charge in [-0.2, -0.15) is 0 Å². The van der Waals surface area contributed by atoms with Gasteiger partial charge in [0.25, 0.3) is 5.91 Å². The van der Waals surface area contributed by atoms with Crippen molar-refractivity contribution in [3.8, 4) is 0 Å². The Morgan fingerprint density at radius 1 is 1.42 bits per heavy atom. The second-order valence-corrected chi connectivity index (χ2v) is 5.54. The lowest BCUT2D eigenvalue weighted by Gasteiger charge is -2.42. The molecule has 0 radical (unpaired) electrons. The Kier molecular flexibility index (Phi) is 2.81. The smallest absolute Gasteiger partial charge is 0.251 e. The molecule has 4 nitrogen and oxygen atoms in total. The molecule has 3 rings (SSSR count). The third kappa shape index (κ3) is 2.11. The van der Waals surface area contributed by atoms with Crippen molar-refractivity contribution in [1.82, 2.24) is 5.32 Å². The third-order valence-corrected chi connectivity index (χ3v) is 4.36. The number of amides is 2. The first kappa shape index (κ1) is 12.2. The molecule has 0 atom stereocenters. The molecule has 2 amide bonds. The molecule has 100 valence electrons. The molecule has 0 bridgehead atoms. The highest BCUT2D eigenvalue weighted by Crippen LogP contribution is 2.35. The minimum absolute atomic E-state index is 0.00317. The molecular weight excluding hydrogens is 240 g/mol. The summed E-state index contributed by atoms with van der Waals surface area (Å²) in [7, 11) is 0. The van der Waals surface area contributed by atoms with Gasteiger partial charge in [0.05, 0.1) is 6.42 Å². The zero-order chi connectivity index (χ0) is 13.5. The van der Waals surface area contributed by atoms with Crippen molar-refractivity contribution in [2.24, 2.45) is 0 Å². The molecular formula is C15H18N2O2. The largest absolute Gasteiger partial charge is 0.347 e. The minimum Gasteiger partial charge on any atom is -0.347 e. The number of fused-ring (bicyclic) bond motifs is 1. The standard InChI is InChI=1S/C15H18N2O2/c1-2-15(6-3-7-15)17-14(19)10-4-5-12-11(8-10)9-13(18)16-12/h4-5,8H,2-3,6-7,9H2,1H3,(H,16,18)(H,17,19). The maximum absolute atomic E-state index is 12.3. The minimum atomic E-state index is -0.0244. The highest BCUT2D eigenvalue weighted by Gasteiger charge is 2.36. The fourth-order valence-electron chi connectivity index (χ4n) is 2.85. The summed E-state index contributed by atoms with van der Waals surface area (Å²) in [6, 6.07) is 5.42. The van der Waals surface area contributed by atoms with Gasteiger partial charge in [-0.05, 0) is 49.4 Å². The first-order valence-corrected chi connectivity index (χ1v) is 6.87. The maximum Gasteiger partial charge on any atom is 0.251 e. The fourth-order valence-corrected chi connectivity index (χ4v) is 2.85. The zero-order valence-corrected chi connectivity index (χ0v) is 11.1. The molecule has 2 N–H and O–H groups in total. The first-order valence-electron chi connectivity index (χ1n) is 6.87. The van der Waals surface area contributed by atoms with E-state index in [1.54, 1.807) is 6.07 Å². The quantitative estimate of drug-likeness (QED) is 0.873. The molecule has 0 unspecified atom stereocenters. The lowest BCUT2D eigenvalue weighted by atomic mass is 9.74. The number of carbonyl (C=O) groups excluding carboxylic acids is 2. The Hall–Kier alpha value is -1.84. The van der Waals surface area contributed by atoms with Gasteiger partial charge in [-0.25, -0.2) is 0 Å². The molecule has 0 spiro atoms. The second kappa shape index (κ2) is 4.37. The van der Waals surface area contributed by atoms with E-state index < -0.39 is 0 Å². The number of benzene rings is 1. The molecule has 1 aromatic rings. The van der Waals surface area contributed by atoms with Crippen molar-refractivity contribution < 1.29 is 9.59 Å². The topological polar surface area (TPSA) is 58.2 Å². The van der Waals surface area contributed by atoms with Gasteiger partial charge in [0.15, 0.2) is 0 Å². The molecule has 0 saturated heterocycles. The van der Waals surface area contributed by atoms with Crippen LogP contribution < -0.4 is 10.6 Å². The van der Waals surface area contributed by atoms with Gasteiger partial charge in [0.2, 0.25) is 5.91 Å². The summed E-state index contributed by atoms with van der Waals surface area (Å²) in [6.45, 7) is 2.12. The predicted molar refractivity (Wildman–Crippen MR) is 73.1 cm³/mol. The van der Waals surface area contributed by atoms with Crippen LogP contribution in [0.4, 0.5) is 5.69 Å². The van der Waals surface area contributed by atoms with Crippen LogP contribution in [-0.4, -0.2) is 17.4 Å². The average Bonchev–Trinajstić information content (AvgIpc) is 2.72. The monoisotopic (exact) mass is 258 g/mol.